The van der Waals surface area contributed by atoms with E-state index in [1.807, 2.05) is 48.0 Å². The van der Waals surface area contributed by atoms with Gasteiger partial charge in [0.25, 0.3) is 5.22 Å². The Kier molecular flexibility index (Phi) is 6.58. The number of aliphatic imine (C=N–C) groups is 1. The number of hydrogen-bond acceptors (Lipinski definition) is 7. The first kappa shape index (κ1) is 20.3. The number of thioether (sulfide) groups is 1. The second kappa shape index (κ2) is 9.71. The summed E-state index contributed by atoms with van der Waals surface area (Å²) in [7, 11) is 0. The second-order valence-corrected chi connectivity index (χ2v) is 8.32. The van der Waals surface area contributed by atoms with E-state index in [0.717, 1.165) is 27.9 Å². The van der Waals surface area contributed by atoms with Crippen molar-refractivity contribution in [3.05, 3.63) is 75.9 Å². The lowest BCUT2D eigenvalue weighted by atomic mass is 10.2. The van der Waals surface area contributed by atoms with Gasteiger partial charge in [-0.05, 0) is 47.8 Å². The molecule has 0 atom stereocenters. The van der Waals surface area contributed by atoms with Crippen LogP contribution < -0.4 is 5.32 Å². The maximum Gasteiger partial charge on any atom is 0.277 e. The molecule has 4 aromatic rings. The van der Waals surface area contributed by atoms with Crippen molar-refractivity contribution >= 4 is 58.2 Å². The summed E-state index contributed by atoms with van der Waals surface area (Å²) in [6.45, 7) is 0. The zero-order chi connectivity index (χ0) is 20.8. The van der Waals surface area contributed by atoms with Crippen LogP contribution in [-0.2, 0) is 4.79 Å². The number of carbonyl (C=O) groups is 1. The average molecular weight is 455 g/mol. The number of amides is 1. The number of hydrogen-bond donors (Lipinski definition) is 1. The number of nitrogens with zero attached hydrogens (tertiary/aromatic N) is 3. The summed E-state index contributed by atoms with van der Waals surface area (Å²) in [6, 6.07) is 18.6. The number of halogens is 1. The molecular formula is C21H15ClN4O2S2. The number of rotatable bonds is 7. The Morgan fingerprint density at radius 2 is 1.97 bits per heavy atom. The molecule has 0 unspecified atom stereocenters. The number of carbonyl (C=O) groups excluding carboxylic acids is 1. The van der Waals surface area contributed by atoms with Crippen LogP contribution in [0.5, 0.6) is 0 Å². The molecule has 0 fully saturated rings. The number of benzene rings is 2. The van der Waals surface area contributed by atoms with Crippen molar-refractivity contribution in [1.82, 2.24) is 10.2 Å². The minimum absolute atomic E-state index is 0.128. The van der Waals surface area contributed by atoms with Crippen LogP contribution in [-0.4, -0.2) is 28.1 Å². The molecule has 9 heteroatoms. The highest BCUT2D eigenvalue weighted by Crippen LogP contribution is 2.26. The molecule has 30 heavy (non-hydrogen) atoms. The van der Waals surface area contributed by atoms with Crippen LogP contribution in [0.2, 0.25) is 5.02 Å². The van der Waals surface area contributed by atoms with E-state index in [4.69, 9.17) is 16.0 Å². The van der Waals surface area contributed by atoms with E-state index in [2.05, 4.69) is 20.5 Å². The Labute approximate surface area is 186 Å². The summed E-state index contributed by atoms with van der Waals surface area (Å²) in [6.07, 6.45) is 1.83. The average Bonchev–Trinajstić information content (AvgIpc) is 3.45. The number of nitrogens with one attached hydrogen (secondary N) is 1. The summed E-state index contributed by atoms with van der Waals surface area (Å²) in [5.74, 6) is 0.307. The van der Waals surface area contributed by atoms with E-state index in [1.165, 1.54) is 0 Å². The van der Waals surface area contributed by atoms with Crippen LogP contribution >= 0.6 is 34.7 Å². The lowest BCUT2D eigenvalue weighted by Crippen LogP contribution is -2.14. The minimum Gasteiger partial charge on any atom is -0.411 e. The molecule has 0 aliphatic rings. The van der Waals surface area contributed by atoms with E-state index in [0.29, 0.717) is 21.8 Å². The number of thiophene rings is 1. The number of para-hydroxylation sites is 1. The van der Waals surface area contributed by atoms with Gasteiger partial charge in [0.1, 0.15) is 0 Å². The summed E-state index contributed by atoms with van der Waals surface area (Å²) in [4.78, 5) is 17.6. The summed E-state index contributed by atoms with van der Waals surface area (Å²) in [5.41, 5.74) is 2.18. The van der Waals surface area contributed by atoms with Gasteiger partial charge >= 0.3 is 0 Å². The van der Waals surface area contributed by atoms with Crippen LogP contribution in [0, 0.1) is 0 Å². The third-order valence-electron chi connectivity index (χ3n) is 3.88. The van der Waals surface area contributed by atoms with Crippen LogP contribution in [0.1, 0.15) is 4.88 Å². The molecule has 6 nitrogen and oxygen atoms in total. The molecule has 0 radical (unpaired) electrons. The first-order valence-electron chi connectivity index (χ1n) is 8.86. The van der Waals surface area contributed by atoms with Crippen molar-refractivity contribution in [2.45, 2.75) is 5.22 Å². The largest absolute Gasteiger partial charge is 0.411 e. The second-order valence-electron chi connectivity index (χ2n) is 6.01. The molecule has 0 spiro atoms. The highest BCUT2D eigenvalue weighted by Gasteiger charge is 2.12. The van der Waals surface area contributed by atoms with Gasteiger partial charge in [-0.1, -0.05) is 41.6 Å². The standard InChI is InChI=1S/C21H15ClN4O2S2/c22-17-5-1-2-6-18(17)24-19(27)13-30-21-26-25-20(28-21)14-7-9-15(10-8-14)23-12-16-4-3-11-29-16/h1-12H,13H2,(H,24,27). The molecule has 0 bridgehead atoms. The lowest BCUT2D eigenvalue weighted by molar-refractivity contribution is -0.113. The minimum atomic E-state index is -0.208. The molecule has 0 aliphatic heterocycles. The van der Waals surface area contributed by atoms with Gasteiger partial charge in [-0.3, -0.25) is 9.79 Å². The van der Waals surface area contributed by atoms with Crippen molar-refractivity contribution in [3.8, 4) is 11.5 Å². The predicted octanol–water partition coefficient (Wildman–Crippen LogP) is 5.93. The lowest BCUT2D eigenvalue weighted by Gasteiger charge is -2.05. The quantitative estimate of drug-likeness (QED) is 0.276. The SMILES string of the molecule is O=C(CSc1nnc(-c2ccc(N=Cc3cccs3)cc2)o1)Nc1ccccc1Cl. The Morgan fingerprint density at radius 3 is 2.73 bits per heavy atom. The van der Waals surface area contributed by atoms with Gasteiger partial charge in [0.15, 0.2) is 0 Å². The zero-order valence-corrected chi connectivity index (χ0v) is 17.9. The molecular weight excluding hydrogens is 440 g/mol. The van der Waals surface area contributed by atoms with Crippen LogP contribution in [0.4, 0.5) is 11.4 Å². The fourth-order valence-corrected chi connectivity index (χ4v) is 3.78. The maximum absolute atomic E-state index is 12.1. The Morgan fingerprint density at radius 1 is 1.13 bits per heavy atom. The van der Waals surface area contributed by atoms with Gasteiger partial charge in [0.05, 0.1) is 22.2 Å². The molecule has 2 aromatic heterocycles. The van der Waals surface area contributed by atoms with E-state index in [9.17, 15) is 4.79 Å². The Balaban J connectivity index is 1.33. The monoisotopic (exact) mass is 454 g/mol. The smallest absolute Gasteiger partial charge is 0.277 e. The van der Waals surface area contributed by atoms with Crippen LogP contribution in [0.25, 0.3) is 11.5 Å². The molecule has 0 aliphatic carbocycles. The fourth-order valence-electron chi connectivity index (χ4n) is 2.45. The van der Waals surface area contributed by atoms with Crippen LogP contribution in [0.3, 0.4) is 0 Å². The molecule has 0 saturated carbocycles. The number of aromatic nitrogens is 2. The first-order chi connectivity index (χ1) is 14.7. The third kappa shape index (κ3) is 5.35. The van der Waals surface area contributed by atoms with Gasteiger partial charge in [0, 0.05) is 16.7 Å². The van der Waals surface area contributed by atoms with E-state index < -0.39 is 0 Å². The van der Waals surface area contributed by atoms with E-state index in [1.54, 1.807) is 35.6 Å². The van der Waals surface area contributed by atoms with Crippen molar-refractivity contribution in [2.24, 2.45) is 4.99 Å². The Bertz CT molecular complexity index is 1160. The van der Waals surface area contributed by atoms with Gasteiger partial charge in [-0.25, -0.2) is 0 Å². The molecule has 2 aromatic carbocycles. The highest BCUT2D eigenvalue weighted by molar-refractivity contribution is 7.99. The molecule has 0 saturated heterocycles. The van der Waals surface area contributed by atoms with Crippen molar-refractivity contribution < 1.29 is 9.21 Å². The molecule has 4 rings (SSSR count). The number of anilines is 1. The molecule has 1 N–H and O–H groups in total. The summed E-state index contributed by atoms with van der Waals surface area (Å²) >= 11 is 8.84. The van der Waals surface area contributed by atoms with Gasteiger partial charge in [-0.2, -0.15) is 0 Å². The molecule has 1 amide bonds. The fraction of sp³-hybridized carbons (Fsp3) is 0.0476. The van der Waals surface area contributed by atoms with Crippen molar-refractivity contribution in [3.63, 3.8) is 0 Å². The van der Waals surface area contributed by atoms with Gasteiger partial charge in [-0.15, -0.1) is 21.5 Å². The van der Waals surface area contributed by atoms with E-state index in [-0.39, 0.29) is 11.7 Å². The zero-order valence-electron chi connectivity index (χ0n) is 15.5. The van der Waals surface area contributed by atoms with E-state index >= 15 is 0 Å². The highest BCUT2D eigenvalue weighted by atomic mass is 35.5. The molecule has 150 valence electrons. The maximum atomic E-state index is 12.1. The Hall–Kier alpha value is -2.94. The first-order valence-corrected chi connectivity index (χ1v) is 11.1. The third-order valence-corrected chi connectivity index (χ3v) is 5.83. The predicted molar refractivity (Wildman–Crippen MR) is 122 cm³/mol. The van der Waals surface area contributed by atoms with Crippen molar-refractivity contribution in [1.29, 1.82) is 0 Å². The topological polar surface area (TPSA) is 80.4 Å². The summed E-state index contributed by atoms with van der Waals surface area (Å²) in [5, 5.41) is 13.6. The van der Waals surface area contributed by atoms with Crippen LogP contribution in [0.15, 0.2) is 80.7 Å². The molecule has 2 heterocycles. The van der Waals surface area contributed by atoms with Gasteiger partial charge < -0.3 is 9.73 Å². The van der Waals surface area contributed by atoms with Gasteiger partial charge in [0.2, 0.25) is 11.8 Å². The van der Waals surface area contributed by atoms with Crippen molar-refractivity contribution in [2.75, 3.05) is 11.1 Å². The summed E-state index contributed by atoms with van der Waals surface area (Å²) < 4.78 is 5.65. The normalized spacial score (nSPS) is 11.1.